The Balaban J connectivity index is 1.60. The second-order valence-corrected chi connectivity index (χ2v) is 9.87. The van der Waals surface area contributed by atoms with Gasteiger partial charge in [-0.15, -0.1) is 0 Å². The van der Waals surface area contributed by atoms with E-state index in [1.165, 1.54) is 29.9 Å². The van der Waals surface area contributed by atoms with Crippen molar-refractivity contribution in [2.45, 2.75) is 64.0 Å². The Kier molecular flexibility index (Phi) is 7.35. The number of aromatic nitrogens is 2. The highest BCUT2D eigenvalue weighted by molar-refractivity contribution is 6.09. The minimum atomic E-state index is -0.919. The molecule has 192 valence electrons. The molecule has 37 heavy (non-hydrogen) atoms. The number of amides is 2. The van der Waals surface area contributed by atoms with Crippen molar-refractivity contribution in [2.24, 2.45) is 0 Å². The molecule has 0 bridgehead atoms. The first kappa shape index (κ1) is 24.7. The molecule has 1 aliphatic heterocycles. The fraction of sp³-hybridized carbons (Fsp3) is 0.379. The van der Waals surface area contributed by atoms with Crippen LogP contribution in [0.15, 0.2) is 61.1 Å². The summed E-state index contributed by atoms with van der Waals surface area (Å²) in [7, 11) is 0. The normalized spacial score (nSPS) is 15.9. The van der Waals surface area contributed by atoms with Crippen molar-refractivity contribution < 1.29 is 19.1 Å². The van der Waals surface area contributed by atoms with Crippen LogP contribution in [-0.4, -0.2) is 34.6 Å². The van der Waals surface area contributed by atoms with Crippen LogP contribution in [0.5, 0.6) is 11.5 Å². The topological polar surface area (TPSA) is 93.7 Å². The third-order valence-corrected chi connectivity index (χ3v) is 7.01. The molecule has 2 heterocycles. The minimum absolute atomic E-state index is 0.0870. The maximum atomic E-state index is 14.0. The van der Waals surface area contributed by atoms with Crippen LogP contribution >= 0.6 is 0 Å². The van der Waals surface area contributed by atoms with Gasteiger partial charge in [-0.3, -0.25) is 19.5 Å². The zero-order valence-electron chi connectivity index (χ0n) is 21.2. The van der Waals surface area contributed by atoms with Gasteiger partial charge in [-0.2, -0.15) is 0 Å². The molecule has 3 aromatic rings. The van der Waals surface area contributed by atoms with Crippen molar-refractivity contribution in [1.29, 1.82) is 0 Å². The zero-order valence-corrected chi connectivity index (χ0v) is 21.2. The molecule has 0 radical (unpaired) electrons. The summed E-state index contributed by atoms with van der Waals surface area (Å²) in [6.07, 6.45) is 9.63. The highest BCUT2D eigenvalue weighted by atomic mass is 16.7. The van der Waals surface area contributed by atoms with E-state index in [4.69, 9.17) is 9.47 Å². The molecule has 2 aromatic carbocycles. The molecule has 1 N–H and O–H groups in total. The van der Waals surface area contributed by atoms with E-state index >= 15 is 0 Å². The Morgan fingerprint density at radius 1 is 0.946 bits per heavy atom. The summed E-state index contributed by atoms with van der Waals surface area (Å²) in [5.74, 6) is 0.814. The SMILES string of the molecule is CC(C)c1ccc([C@H](C(=O)NC2CCCCC2)N(C(=O)c2cnccn2)c2ccc3c(c2)OCO3)cc1. The van der Waals surface area contributed by atoms with Gasteiger partial charge in [0.2, 0.25) is 12.7 Å². The summed E-state index contributed by atoms with van der Waals surface area (Å²) < 4.78 is 11.1. The number of carbonyl (C=O) groups excluding carboxylic acids is 2. The van der Waals surface area contributed by atoms with Crippen LogP contribution in [0.3, 0.4) is 0 Å². The molecule has 0 spiro atoms. The maximum Gasteiger partial charge on any atom is 0.279 e. The van der Waals surface area contributed by atoms with Crippen molar-refractivity contribution in [3.05, 3.63) is 77.9 Å². The van der Waals surface area contributed by atoms with E-state index in [1.807, 2.05) is 24.3 Å². The van der Waals surface area contributed by atoms with E-state index in [0.29, 0.717) is 28.7 Å². The summed E-state index contributed by atoms with van der Waals surface area (Å²) in [5.41, 5.74) is 2.53. The van der Waals surface area contributed by atoms with Gasteiger partial charge in [0.15, 0.2) is 11.5 Å². The van der Waals surface area contributed by atoms with Gasteiger partial charge in [-0.25, -0.2) is 4.98 Å². The van der Waals surface area contributed by atoms with Gasteiger partial charge in [0, 0.05) is 30.2 Å². The number of nitrogens with one attached hydrogen (secondary N) is 1. The molecular formula is C29H32N4O4. The van der Waals surface area contributed by atoms with Crippen molar-refractivity contribution in [1.82, 2.24) is 15.3 Å². The minimum Gasteiger partial charge on any atom is -0.454 e. The summed E-state index contributed by atoms with van der Waals surface area (Å²) in [6.45, 7) is 4.36. The van der Waals surface area contributed by atoms with Gasteiger partial charge in [-0.1, -0.05) is 57.4 Å². The molecule has 0 unspecified atom stereocenters. The summed E-state index contributed by atoms with van der Waals surface area (Å²) >= 11 is 0. The molecule has 8 nitrogen and oxygen atoms in total. The second-order valence-electron chi connectivity index (χ2n) is 9.87. The molecule has 1 atom stereocenters. The lowest BCUT2D eigenvalue weighted by atomic mass is 9.94. The van der Waals surface area contributed by atoms with Crippen LogP contribution in [0, 0.1) is 0 Å². The molecule has 2 aliphatic rings. The number of ether oxygens (including phenoxy) is 2. The highest BCUT2D eigenvalue weighted by Crippen LogP contribution is 2.39. The number of anilines is 1. The molecular weight excluding hydrogens is 468 g/mol. The number of hydrogen-bond donors (Lipinski definition) is 1. The fourth-order valence-electron chi connectivity index (χ4n) is 4.96. The number of carbonyl (C=O) groups is 2. The van der Waals surface area contributed by atoms with Gasteiger partial charge in [-0.05, 0) is 42.0 Å². The quantitative estimate of drug-likeness (QED) is 0.481. The van der Waals surface area contributed by atoms with Gasteiger partial charge < -0.3 is 14.8 Å². The largest absolute Gasteiger partial charge is 0.454 e. The van der Waals surface area contributed by atoms with Crippen molar-refractivity contribution in [3.63, 3.8) is 0 Å². The predicted octanol–water partition coefficient (Wildman–Crippen LogP) is 5.17. The van der Waals surface area contributed by atoms with E-state index in [9.17, 15) is 9.59 Å². The lowest BCUT2D eigenvalue weighted by molar-refractivity contribution is -0.123. The lowest BCUT2D eigenvalue weighted by Crippen LogP contribution is -2.47. The number of fused-ring (bicyclic) bond motifs is 1. The molecule has 2 amide bonds. The van der Waals surface area contributed by atoms with Crippen molar-refractivity contribution >= 4 is 17.5 Å². The molecule has 1 fully saturated rings. The predicted molar refractivity (Wildman–Crippen MR) is 140 cm³/mol. The number of benzene rings is 2. The number of nitrogens with zero attached hydrogens (tertiary/aromatic N) is 3. The Labute approximate surface area is 217 Å². The summed E-state index contributed by atoms with van der Waals surface area (Å²) in [4.78, 5) is 37.8. The summed E-state index contributed by atoms with van der Waals surface area (Å²) in [5, 5.41) is 3.24. The zero-order chi connectivity index (χ0) is 25.8. The van der Waals surface area contributed by atoms with Gasteiger partial charge >= 0.3 is 0 Å². The fourth-order valence-corrected chi connectivity index (χ4v) is 4.96. The van der Waals surface area contributed by atoms with Gasteiger partial charge in [0.25, 0.3) is 5.91 Å². The van der Waals surface area contributed by atoms with Crippen LogP contribution in [0.25, 0.3) is 0 Å². The highest BCUT2D eigenvalue weighted by Gasteiger charge is 2.36. The average Bonchev–Trinajstić information content (AvgIpc) is 3.40. The van der Waals surface area contributed by atoms with Crippen LogP contribution in [-0.2, 0) is 4.79 Å². The third-order valence-electron chi connectivity index (χ3n) is 7.01. The van der Waals surface area contributed by atoms with E-state index in [1.54, 1.807) is 18.2 Å². The molecule has 0 saturated heterocycles. The van der Waals surface area contributed by atoms with E-state index in [2.05, 4.69) is 29.1 Å². The van der Waals surface area contributed by atoms with Crippen LogP contribution in [0.4, 0.5) is 5.69 Å². The van der Waals surface area contributed by atoms with Crippen LogP contribution in [0.2, 0.25) is 0 Å². The van der Waals surface area contributed by atoms with Gasteiger partial charge in [0.05, 0.1) is 6.20 Å². The smallest absolute Gasteiger partial charge is 0.279 e. The second kappa shape index (κ2) is 11.0. The Bertz CT molecular complexity index is 1240. The van der Waals surface area contributed by atoms with Crippen LogP contribution < -0.4 is 19.7 Å². The first-order chi connectivity index (χ1) is 18.0. The maximum absolute atomic E-state index is 14.0. The Hall–Kier alpha value is -3.94. The molecule has 5 rings (SSSR count). The Morgan fingerprint density at radius 3 is 2.38 bits per heavy atom. The van der Waals surface area contributed by atoms with Crippen molar-refractivity contribution in [3.8, 4) is 11.5 Å². The van der Waals surface area contributed by atoms with Crippen LogP contribution in [0.1, 0.15) is 79.5 Å². The standard InChI is InChI=1S/C29H32N4O4/c1-19(2)20-8-10-21(11-9-20)27(28(34)32-22-6-4-3-5-7-22)33(29(35)24-17-30-14-15-31-24)23-12-13-25-26(16-23)37-18-36-25/h8-17,19,22,27H,3-7,18H2,1-2H3,(H,32,34)/t27-/m1/s1. The lowest BCUT2D eigenvalue weighted by Gasteiger charge is -2.33. The summed E-state index contributed by atoms with van der Waals surface area (Å²) in [6, 6.07) is 12.3. The van der Waals surface area contributed by atoms with E-state index in [0.717, 1.165) is 31.2 Å². The third kappa shape index (κ3) is 5.43. The van der Waals surface area contributed by atoms with Gasteiger partial charge in [0.1, 0.15) is 11.7 Å². The Morgan fingerprint density at radius 2 is 1.68 bits per heavy atom. The van der Waals surface area contributed by atoms with Crippen molar-refractivity contribution in [2.75, 3.05) is 11.7 Å². The first-order valence-corrected chi connectivity index (χ1v) is 12.9. The molecule has 1 aliphatic carbocycles. The van der Waals surface area contributed by atoms with E-state index < -0.39 is 11.9 Å². The average molecular weight is 501 g/mol. The molecule has 8 heteroatoms. The molecule has 1 saturated carbocycles. The number of rotatable bonds is 7. The number of hydrogen-bond acceptors (Lipinski definition) is 6. The first-order valence-electron chi connectivity index (χ1n) is 12.9. The monoisotopic (exact) mass is 500 g/mol. The van der Waals surface area contributed by atoms with E-state index in [-0.39, 0.29) is 24.4 Å². The molecule has 1 aromatic heterocycles.